The first-order chi connectivity index (χ1) is 13.9. The van der Waals surface area contributed by atoms with Crippen LogP contribution in [0, 0.1) is 6.92 Å². The molecule has 29 heavy (non-hydrogen) atoms. The normalized spacial score (nSPS) is 13.5. The molecular weight excluding hydrogens is 395 g/mol. The number of allylic oxidation sites excluding steroid dienone is 2. The van der Waals surface area contributed by atoms with E-state index in [0.717, 1.165) is 0 Å². The minimum Gasteiger partial charge on any atom is -0.504 e. The van der Waals surface area contributed by atoms with Gasteiger partial charge in [-0.1, -0.05) is 19.9 Å². The number of phenolic OH excluding ortho intramolecular Hbond substituents is 1. The zero-order valence-electron chi connectivity index (χ0n) is 17.3. The molecule has 0 aliphatic rings. The molecule has 0 amide bonds. The molecule has 0 aliphatic carbocycles. The second-order valence-corrected chi connectivity index (χ2v) is 8.05. The van der Waals surface area contributed by atoms with Gasteiger partial charge in [-0.05, 0) is 43.5 Å². The summed E-state index contributed by atoms with van der Waals surface area (Å²) in [6, 6.07) is 6.36. The van der Waals surface area contributed by atoms with E-state index in [1.54, 1.807) is 32.2 Å². The minimum absolute atomic E-state index is 0.00373. The average Bonchev–Trinajstić information content (AvgIpc) is 2.73. The Labute approximate surface area is 171 Å². The fraction of sp³-hybridized carbons (Fsp3) is 0.350. The molecule has 1 aromatic heterocycles. The van der Waals surface area contributed by atoms with Crippen LogP contribution < -0.4 is 19.5 Å². The summed E-state index contributed by atoms with van der Waals surface area (Å²) >= 11 is 0. The molecule has 0 fully saturated rings. The largest absolute Gasteiger partial charge is 0.504 e. The number of aryl methyl sites for hydroxylation is 1. The lowest BCUT2D eigenvalue weighted by molar-refractivity contribution is 0.320. The number of aromatic nitrogens is 1. The van der Waals surface area contributed by atoms with E-state index in [1.807, 2.05) is 19.9 Å². The summed E-state index contributed by atoms with van der Waals surface area (Å²) in [5, 5.41) is 10.6. The van der Waals surface area contributed by atoms with Crippen LogP contribution in [-0.2, 0) is 9.19 Å². The highest BCUT2D eigenvalue weighted by atomic mass is 31.2. The van der Waals surface area contributed by atoms with Gasteiger partial charge in [0.15, 0.2) is 11.5 Å². The number of ether oxygens (including phenoxy) is 2. The van der Waals surface area contributed by atoms with Crippen LogP contribution in [0.5, 0.6) is 23.0 Å². The van der Waals surface area contributed by atoms with Crippen LogP contribution in [0.15, 0.2) is 41.9 Å². The van der Waals surface area contributed by atoms with Crippen molar-refractivity contribution < 1.29 is 28.3 Å². The molecule has 1 atom stereocenters. The van der Waals surface area contributed by atoms with Crippen LogP contribution in [0.2, 0.25) is 0 Å². The van der Waals surface area contributed by atoms with Gasteiger partial charge in [0.1, 0.15) is 17.3 Å². The standard InChI is InChI=1S/C20H27N2O6P/c1-6-8-17(7-2)29(24,28-22-19-10-9-15(25-4)13-21-19)27-16-11-14(3)20(23)18(12-16)26-5/h8-13,23H,6-7H2,1-5H3,(H,21,22)/b17-8+. The van der Waals surface area contributed by atoms with E-state index in [-0.39, 0.29) is 17.2 Å². The SMILES string of the molecule is CC/C=C(\CC)P(=O)(ONc1ccc(OC)cn1)Oc1cc(C)c(O)c(OC)c1. The Kier molecular flexibility index (Phi) is 7.93. The summed E-state index contributed by atoms with van der Waals surface area (Å²) in [6.45, 7) is 5.50. The molecule has 8 nitrogen and oxygen atoms in total. The van der Waals surface area contributed by atoms with Crippen molar-refractivity contribution >= 4 is 13.4 Å². The predicted octanol–water partition coefficient (Wildman–Crippen LogP) is 5.43. The van der Waals surface area contributed by atoms with E-state index in [9.17, 15) is 9.67 Å². The number of phenols is 1. The number of methoxy groups -OCH3 is 2. The van der Waals surface area contributed by atoms with Crippen LogP contribution in [0.3, 0.4) is 0 Å². The summed E-state index contributed by atoms with van der Waals surface area (Å²) in [5.41, 5.74) is 3.13. The quantitative estimate of drug-likeness (QED) is 0.386. The van der Waals surface area contributed by atoms with E-state index in [1.165, 1.54) is 19.4 Å². The molecule has 1 heterocycles. The topological polar surface area (TPSA) is 99.1 Å². The Bertz CT molecular complexity index is 899. The van der Waals surface area contributed by atoms with Crippen molar-refractivity contribution in [2.75, 3.05) is 19.7 Å². The third-order valence-corrected chi connectivity index (χ3v) is 6.07. The number of hydrogen-bond acceptors (Lipinski definition) is 8. The van der Waals surface area contributed by atoms with E-state index in [4.69, 9.17) is 18.6 Å². The van der Waals surface area contributed by atoms with Gasteiger partial charge in [0, 0.05) is 6.07 Å². The maximum atomic E-state index is 13.7. The molecule has 1 aromatic carbocycles. The number of aromatic hydroxyl groups is 1. The van der Waals surface area contributed by atoms with Crippen molar-refractivity contribution in [2.45, 2.75) is 33.6 Å². The van der Waals surface area contributed by atoms with Crippen molar-refractivity contribution in [3.8, 4) is 23.0 Å². The molecule has 158 valence electrons. The van der Waals surface area contributed by atoms with Gasteiger partial charge in [0.2, 0.25) is 0 Å². The lowest BCUT2D eigenvalue weighted by atomic mass is 10.2. The van der Waals surface area contributed by atoms with Gasteiger partial charge in [-0.3, -0.25) is 0 Å². The van der Waals surface area contributed by atoms with Crippen LogP contribution in [0.1, 0.15) is 32.3 Å². The lowest BCUT2D eigenvalue weighted by Gasteiger charge is -2.22. The van der Waals surface area contributed by atoms with Gasteiger partial charge in [-0.2, -0.15) is 4.62 Å². The molecule has 9 heteroatoms. The van der Waals surface area contributed by atoms with Crippen molar-refractivity contribution in [1.29, 1.82) is 0 Å². The molecular formula is C20H27N2O6P. The fourth-order valence-electron chi connectivity index (χ4n) is 2.55. The van der Waals surface area contributed by atoms with Crippen molar-refractivity contribution in [2.24, 2.45) is 0 Å². The number of anilines is 1. The molecule has 2 N–H and O–H groups in total. The van der Waals surface area contributed by atoms with Crippen molar-refractivity contribution in [3.05, 3.63) is 47.4 Å². The Hall–Kier alpha value is -2.70. The summed E-state index contributed by atoms with van der Waals surface area (Å²) < 4.78 is 35.3. The summed E-state index contributed by atoms with van der Waals surface area (Å²) in [6.07, 6.45) is 4.46. The van der Waals surface area contributed by atoms with Gasteiger partial charge in [0.05, 0.1) is 25.7 Å². The number of nitrogens with zero attached hydrogens (tertiary/aromatic N) is 1. The van der Waals surface area contributed by atoms with Crippen LogP contribution >= 0.6 is 7.60 Å². The maximum Gasteiger partial charge on any atom is 0.427 e. The highest BCUT2D eigenvalue weighted by Crippen LogP contribution is 2.57. The first kappa shape index (κ1) is 22.6. The van der Waals surface area contributed by atoms with Gasteiger partial charge in [-0.25, -0.2) is 15.0 Å². The summed E-state index contributed by atoms with van der Waals surface area (Å²) in [4.78, 5) is 4.13. The maximum absolute atomic E-state index is 13.7. The Morgan fingerprint density at radius 3 is 2.52 bits per heavy atom. The number of benzene rings is 1. The zero-order valence-corrected chi connectivity index (χ0v) is 18.2. The van der Waals surface area contributed by atoms with E-state index >= 15 is 0 Å². The van der Waals surface area contributed by atoms with Gasteiger partial charge >= 0.3 is 7.60 Å². The molecule has 0 spiro atoms. The third kappa shape index (κ3) is 5.65. The molecule has 0 bridgehead atoms. The first-order valence-corrected chi connectivity index (χ1v) is 10.7. The lowest BCUT2D eigenvalue weighted by Crippen LogP contribution is -2.08. The Morgan fingerprint density at radius 2 is 1.97 bits per heavy atom. The molecule has 1 unspecified atom stereocenters. The second kappa shape index (κ2) is 10.2. The van der Waals surface area contributed by atoms with Crippen LogP contribution in [-0.4, -0.2) is 24.3 Å². The highest BCUT2D eigenvalue weighted by molar-refractivity contribution is 7.58. The smallest absolute Gasteiger partial charge is 0.427 e. The Balaban J connectivity index is 2.34. The van der Waals surface area contributed by atoms with Crippen LogP contribution in [0.4, 0.5) is 5.82 Å². The molecule has 2 rings (SSSR count). The monoisotopic (exact) mass is 422 g/mol. The van der Waals surface area contributed by atoms with E-state index in [0.29, 0.717) is 35.3 Å². The minimum atomic E-state index is -3.78. The summed E-state index contributed by atoms with van der Waals surface area (Å²) in [5.74, 6) is 1.40. The highest BCUT2D eigenvalue weighted by Gasteiger charge is 2.32. The van der Waals surface area contributed by atoms with E-state index < -0.39 is 7.60 Å². The second-order valence-electron chi connectivity index (χ2n) is 6.11. The molecule has 2 aromatic rings. The third-order valence-electron chi connectivity index (χ3n) is 4.08. The van der Waals surface area contributed by atoms with Gasteiger partial charge in [-0.15, -0.1) is 0 Å². The Morgan fingerprint density at radius 1 is 1.21 bits per heavy atom. The molecule has 0 saturated carbocycles. The van der Waals surface area contributed by atoms with E-state index in [2.05, 4.69) is 10.5 Å². The van der Waals surface area contributed by atoms with Gasteiger partial charge < -0.3 is 19.1 Å². The first-order valence-electron chi connectivity index (χ1n) is 9.18. The van der Waals surface area contributed by atoms with Gasteiger partial charge in [0.25, 0.3) is 0 Å². The molecule has 0 aliphatic heterocycles. The molecule has 0 saturated heterocycles. The predicted molar refractivity (Wildman–Crippen MR) is 112 cm³/mol. The number of rotatable bonds is 10. The zero-order chi connectivity index (χ0) is 21.4. The summed E-state index contributed by atoms with van der Waals surface area (Å²) in [7, 11) is -0.804. The number of pyridine rings is 1. The van der Waals surface area contributed by atoms with Crippen molar-refractivity contribution in [3.63, 3.8) is 0 Å². The van der Waals surface area contributed by atoms with Crippen LogP contribution in [0.25, 0.3) is 0 Å². The average molecular weight is 422 g/mol. The molecule has 0 radical (unpaired) electrons. The fourth-order valence-corrected chi connectivity index (χ4v) is 4.21. The van der Waals surface area contributed by atoms with Crippen molar-refractivity contribution in [1.82, 2.24) is 4.98 Å². The number of nitrogens with one attached hydrogen (secondary N) is 1. The number of hydrogen-bond donors (Lipinski definition) is 2.